The van der Waals surface area contributed by atoms with Crippen LogP contribution in [0.4, 0.5) is 0 Å². The Hall–Kier alpha value is -2.25. The molecule has 0 radical (unpaired) electrons. The van der Waals surface area contributed by atoms with Gasteiger partial charge in [0.05, 0.1) is 18.7 Å². The molecule has 0 atom stereocenters. The van der Waals surface area contributed by atoms with Crippen LogP contribution in [-0.4, -0.2) is 33.3 Å². The lowest BCUT2D eigenvalue weighted by Crippen LogP contribution is -2.20. The minimum atomic E-state index is -0.539. The fraction of sp³-hybridized carbons (Fsp3) is 0.316. The Morgan fingerprint density at radius 1 is 1.12 bits per heavy atom. The predicted octanol–water partition coefficient (Wildman–Crippen LogP) is 2.66. The van der Waals surface area contributed by atoms with Crippen molar-refractivity contribution in [1.82, 2.24) is 5.32 Å². The molecule has 2 aromatic carbocycles. The summed E-state index contributed by atoms with van der Waals surface area (Å²) in [7, 11) is 3.22. The van der Waals surface area contributed by atoms with Gasteiger partial charge in [0, 0.05) is 6.54 Å². The third-order valence-electron chi connectivity index (χ3n) is 3.73. The van der Waals surface area contributed by atoms with Gasteiger partial charge in [0.25, 0.3) is 5.91 Å². The highest BCUT2D eigenvalue weighted by Gasteiger charge is 2.12. The van der Waals surface area contributed by atoms with E-state index in [1.165, 1.54) is 5.56 Å². The lowest BCUT2D eigenvalue weighted by Gasteiger charge is -2.14. The van der Waals surface area contributed by atoms with Gasteiger partial charge in [-0.25, -0.2) is 0 Å². The topological polar surface area (TPSA) is 82.8 Å². The molecule has 0 saturated carbocycles. The average molecular weight is 423 g/mol. The number of halogens is 1. The SMILES string of the molecule is COc1ccc(CCNCc2cc(Br)c(OCC(N)=O)c(OC)c2)cc1. The molecule has 7 heteroatoms. The summed E-state index contributed by atoms with van der Waals surface area (Å²) in [5.41, 5.74) is 7.40. The lowest BCUT2D eigenvalue weighted by molar-refractivity contribution is -0.119. The molecule has 2 aromatic rings. The molecule has 0 aromatic heterocycles. The first kappa shape index (κ1) is 20.1. The van der Waals surface area contributed by atoms with Gasteiger partial charge in [0.2, 0.25) is 0 Å². The van der Waals surface area contributed by atoms with Crippen molar-refractivity contribution in [1.29, 1.82) is 0 Å². The molecule has 0 bridgehead atoms. The van der Waals surface area contributed by atoms with Crippen LogP contribution in [0.3, 0.4) is 0 Å². The first-order chi connectivity index (χ1) is 12.5. The summed E-state index contributed by atoms with van der Waals surface area (Å²) >= 11 is 3.45. The number of nitrogens with two attached hydrogens (primary N) is 1. The van der Waals surface area contributed by atoms with Gasteiger partial charge in [0.1, 0.15) is 5.75 Å². The van der Waals surface area contributed by atoms with Gasteiger partial charge in [-0.1, -0.05) is 12.1 Å². The second-order valence-electron chi connectivity index (χ2n) is 5.64. The van der Waals surface area contributed by atoms with Gasteiger partial charge < -0.3 is 25.3 Å². The zero-order valence-electron chi connectivity index (χ0n) is 14.9. The molecule has 0 fully saturated rings. The van der Waals surface area contributed by atoms with Crippen molar-refractivity contribution in [2.24, 2.45) is 5.73 Å². The van der Waals surface area contributed by atoms with Gasteiger partial charge >= 0.3 is 0 Å². The van der Waals surface area contributed by atoms with E-state index in [1.54, 1.807) is 14.2 Å². The smallest absolute Gasteiger partial charge is 0.255 e. The van der Waals surface area contributed by atoms with Crippen molar-refractivity contribution < 1.29 is 19.0 Å². The van der Waals surface area contributed by atoms with Crippen LogP contribution in [0.2, 0.25) is 0 Å². The molecule has 0 unspecified atom stereocenters. The molecule has 2 rings (SSSR count). The standard InChI is InChI=1S/C19H23BrN2O4/c1-24-15-5-3-13(4-6-15)7-8-22-11-14-9-16(20)19(17(10-14)25-2)26-12-18(21)23/h3-6,9-10,22H,7-8,11-12H2,1-2H3,(H2,21,23). The number of carbonyl (C=O) groups is 1. The third-order valence-corrected chi connectivity index (χ3v) is 4.32. The molecule has 0 heterocycles. The van der Waals surface area contributed by atoms with E-state index in [-0.39, 0.29) is 6.61 Å². The normalized spacial score (nSPS) is 10.4. The fourth-order valence-corrected chi connectivity index (χ4v) is 3.02. The Kier molecular flexibility index (Phi) is 7.74. The van der Waals surface area contributed by atoms with E-state index in [1.807, 2.05) is 24.3 Å². The summed E-state index contributed by atoms with van der Waals surface area (Å²) < 4.78 is 16.6. The van der Waals surface area contributed by atoms with E-state index in [4.69, 9.17) is 19.9 Å². The highest BCUT2D eigenvalue weighted by atomic mass is 79.9. The first-order valence-corrected chi connectivity index (χ1v) is 8.94. The minimum absolute atomic E-state index is 0.200. The maximum Gasteiger partial charge on any atom is 0.255 e. The summed E-state index contributed by atoms with van der Waals surface area (Å²) in [6.45, 7) is 1.32. The number of primary amides is 1. The van der Waals surface area contributed by atoms with E-state index in [0.29, 0.717) is 22.5 Å². The van der Waals surface area contributed by atoms with E-state index in [0.717, 1.165) is 24.3 Å². The summed E-state index contributed by atoms with van der Waals surface area (Å²) in [6.07, 6.45) is 0.919. The number of amides is 1. The lowest BCUT2D eigenvalue weighted by atomic mass is 10.1. The van der Waals surface area contributed by atoms with Gasteiger partial charge in [-0.2, -0.15) is 0 Å². The molecule has 6 nitrogen and oxygen atoms in total. The van der Waals surface area contributed by atoms with E-state index >= 15 is 0 Å². The van der Waals surface area contributed by atoms with Crippen LogP contribution in [-0.2, 0) is 17.8 Å². The maximum absolute atomic E-state index is 10.9. The predicted molar refractivity (Wildman–Crippen MR) is 104 cm³/mol. The van der Waals surface area contributed by atoms with Crippen LogP contribution in [0.15, 0.2) is 40.9 Å². The average Bonchev–Trinajstić information content (AvgIpc) is 2.64. The number of hydrogen-bond acceptors (Lipinski definition) is 5. The molecule has 140 valence electrons. The van der Waals surface area contributed by atoms with Crippen LogP contribution in [0, 0.1) is 0 Å². The van der Waals surface area contributed by atoms with E-state index in [2.05, 4.69) is 33.4 Å². The molecule has 1 amide bonds. The van der Waals surface area contributed by atoms with Crippen LogP contribution in [0.25, 0.3) is 0 Å². The Labute approximate surface area is 161 Å². The number of benzene rings is 2. The van der Waals surface area contributed by atoms with Crippen molar-refractivity contribution in [2.75, 3.05) is 27.4 Å². The minimum Gasteiger partial charge on any atom is -0.497 e. The van der Waals surface area contributed by atoms with Crippen LogP contribution < -0.4 is 25.3 Å². The zero-order chi connectivity index (χ0) is 18.9. The van der Waals surface area contributed by atoms with E-state index < -0.39 is 5.91 Å². The Bertz CT molecular complexity index is 735. The summed E-state index contributed by atoms with van der Waals surface area (Å²) in [5, 5.41) is 3.40. The molecule has 0 aliphatic heterocycles. The molecule has 26 heavy (non-hydrogen) atoms. The largest absolute Gasteiger partial charge is 0.497 e. The van der Waals surface area contributed by atoms with Crippen molar-refractivity contribution >= 4 is 21.8 Å². The van der Waals surface area contributed by atoms with Gasteiger partial charge in [0.15, 0.2) is 18.1 Å². The monoisotopic (exact) mass is 422 g/mol. The van der Waals surface area contributed by atoms with Crippen molar-refractivity contribution in [3.63, 3.8) is 0 Å². The Morgan fingerprint density at radius 2 is 1.85 bits per heavy atom. The third kappa shape index (κ3) is 5.93. The fourth-order valence-electron chi connectivity index (χ4n) is 2.42. The highest BCUT2D eigenvalue weighted by molar-refractivity contribution is 9.10. The Balaban J connectivity index is 1.90. The summed E-state index contributed by atoms with van der Waals surface area (Å²) in [4.78, 5) is 10.9. The molecule has 0 spiro atoms. The van der Waals surface area contributed by atoms with Crippen molar-refractivity contribution in [3.8, 4) is 17.2 Å². The van der Waals surface area contributed by atoms with Crippen molar-refractivity contribution in [2.45, 2.75) is 13.0 Å². The van der Waals surface area contributed by atoms with Gasteiger partial charge in [-0.05, 0) is 64.3 Å². The Morgan fingerprint density at radius 3 is 2.46 bits per heavy atom. The highest BCUT2D eigenvalue weighted by Crippen LogP contribution is 2.36. The molecule has 0 aliphatic rings. The zero-order valence-corrected chi connectivity index (χ0v) is 16.5. The summed E-state index contributed by atoms with van der Waals surface area (Å²) in [5.74, 6) is 1.33. The molecule has 0 saturated heterocycles. The van der Waals surface area contributed by atoms with Crippen LogP contribution in [0.5, 0.6) is 17.2 Å². The molecular weight excluding hydrogens is 400 g/mol. The quantitative estimate of drug-likeness (QED) is 0.575. The summed E-state index contributed by atoms with van der Waals surface area (Å²) in [6, 6.07) is 11.8. The molecule has 3 N–H and O–H groups in total. The second kappa shape index (κ2) is 10.0. The number of carbonyl (C=O) groups excluding carboxylic acids is 1. The van der Waals surface area contributed by atoms with Gasteiger partial charge in [-0.3, -0.25) is 4.79 Å². The first-order valence-electron chi connectivity index (χ1n) is 8.14. The van der Waals surface area contributed by atoms with Crippen LogP contribution in [0.1, 0.15) is 11.1 Å². The van der Waals surface area contributed by atoms with Crippen LogP contribution >= 0.6 is 15.9 Å². The number of rotatable bonds is 10. The number of nitrogens with one attached hydrogen (secondary N) is 1. The van der Waals surface area contributed by atoms with Crippen molar-refractivity contribution in [3.05, 3.63) is 52.0 Å². The second-order valence-corrected chi connectivity index (χ2v) is 6.49. The van der Waals surface area contributed by atoms with Gasteiger partial charge in [-0.15, -0.1) is 0 Å². The molecule has 0 aliphatic carbocycles. The van der Waals surface area contributed by atoms with E-state index in [9.17, 15) is 4.79 Å². The number of hydrogen-bond donors (Lipinski definition) is 2. The number of ether oxygens (including phenoxy) is 3. The number of methoxy groups -OCH3 is 2. The maximum atomic E-state index is 10.9. The molecular formula is C19H23BrN2O4.